The molecule has 2 aromatic rings. The van der Waals surface area contributed by atoms with Gasteiger partial charge in [0.25, 0.3) is 5.91 Å². The van der Waals surface area contributed by atoms with Crippen LogP contribution < -0.4 is 15.8 Å². The molecule has 0 spiro atoms. The first-order valence-corrected chi connectivity index (χ1v) is 9.32. The van der Waals surface area contributed by atoms with Gasteiger partial charge in [0.05, 0.1) is 16.9 Å². The van der Waals surface area contributed by atoms with Crippen molar-refractivity contribution in [3.8, 4) is 5.75 Å². The highest BCUT2D eigenvalue weighted by Gasteiger charge is 2.53. The van der Waals surface area contributed by atoms with Gasteiger partial charge in [0, 0.05) is 6.42 Å². The number of nitrogens with zero attached hydrogens (tertiary/aromatic N) is 1. The van der Waals surface area contributed by atoms with Crippen molar-refractivity contribution in [1.82, 2.24) is 0 Å². The molecule has 3 N–H and O–H groups in total. The molecular formula is C22H21N3O4. The Morgan fingerprint density at radius 1 is 1.31 bits per heavy atom. The number of benzene rings is 2. The van der Waals surface area contributed by atoms with Crippen LogP contribution in [0.3, 0.4) is 0 Å². The highest BCUT2D eigenvalue weighted by molar-refractivity contribution is 6.15. The second-order valence-corrected chi connectivity index (χ2v) is 7.08. The maximum atomic E-state index is 13.1. The van der Waals surface area contributed by atoms with E-state index in [1.54, 1.807) is 36.4 Å². The molecule has 1 fully saturated rings. The smallest absolute Gasteiger partial charge is 0.252 e. The average Bonchev–Trinajstić information content (AvgIpc) is 3.01. The number of anilines is 1. The van der Waals surface area contributed by atoms with Gasteiger partial charge in [0.2, 0.25) is 11.8 Å². The fourth-order valence-electron chi connectivity index (χ4n) is 3.72. The van der Waals surface area contributed by atoms with Crippen molar-refractivity contribution in [3.63, 3.8) is 0 Å². The van der Waals surface area contributed by atoms with Crippen molar-refractivity contribution in [1.29, 1.82) is 0 Å². The minimum atomic E-state index is -0.946. The number of rotatable bonds is 6. The first-order chi connectivity index (χ1) is 14.0. The predicted molar refractivity (Wildman–Crippen MR) is 109 cm³/mol. The molecule has 148 valence electrons. The van der Waals surface area contributed by atoms with Crippen molar-refractivity contribution in [2.45, 2.75) is 18.9 Å². The van der Waals surface area contributed by atoms with Gasteiger partial charge >= 0.3 is 0 Å². The van der Waals surface area contributed by atoms with Crippen LogP contribution in [0.25, 0.3) is 0 Å². The zero-order valence-electron chi connectivity index (χ0n) is 15.8. The third-order valence-corrected chi connectivity index (χ3v) is 5.14. The average molecular weight is 391 g/mol. The third kappa shape index (κ3) is 3.35. The van der Waals surface area contributed by atoms with E-state index in [-0.39, 0.29) is 12.5 Å². The fourth-order valence-corrected chi connectivity index (χ4v) is 3.72. The lowest BCUT2D eigenvalue weighted by Gasteiger charge is -2.22. The number of ether oxygens (including phenoxy) is 2. The summed E-state index contributed by atoms with van der Waals surface area (Å²) in [6.45, 7) is 3.95. The van der Waals surface area contributed by atoms with Crippen LogP contribution in [-0.4, -0.2) is 30.4 Å². The molecule has 0 aromatic heterocycles. The van der Waals surface area contributed by atoms with Crippen LogP contribution in [0.4, 0.5) is 11.4 Å². The molecule has 2 atom stereocenters. The number of carbonyl (C=O) groups is 2. The minimum Gasteiger partial charge on any atom is -0.489 e. The Bertz CT molecular complexity index is 1020. The molecule has 4 rings (SSSR count). The van der Waals surface area contributed by atoms with Crippen LogP contribution in [0.2, 0.25) is 0 Å². The van der Waals surface area contributed by atoms with E-state index in [2.05, 4.69) is 16.9 Å². The zero-order valence-corrected chi connectivity index (χ0v) is 15.8. The topological polar surface area (TPSA) is 103 Å². The van der Waals surface area contributed by atoms with Gasteiger partial charge in [-0.05, 0) is 30.7 Å². The van der Waals surface area contributed by atoms with Gasteiger partial charge < -0.3 is 20.5 Å². The Morgan fingerprint density at radius 2 is 2.07 bits per heavy atom. The monoisotopic (exact) mass is 391 g/mol. The Labute approximate surface area is 168 Å². The Morgan fingerprint density at radius 3 is 2.86 bits per heavy atom. The van der Waals surface area contributed by atoms with Gasteiger partial charge in [-0.3, -0.25) is 9.59 Å². The van der Waals surface area contributed by atoms with Crippen molar-refractivity contribution < 1.29 is 19.1 Å². The molecule has 7 nitrogen and oxygen atoms in total. The van der Waals surface area contributed by atoms with Gasteiger partial charge in [0.1, 0.15) is 23.9 Å². The van der Waals surface area contributed by atoms with Gasteiger partial charge in [-0.1, -0.05) is 30.3 Å². The van der Waals surface area contributed by atoms with Crippen LogP contribution in [0.5, 0.6) is 5.75 Å². The van der Waals surface area contributed by atoms with E-state index in [0.29, 0.717) is 41.4 Å². The van der Waals surface area contributed by atoms with Crippen molar-refractivity contribution in [2.24, 2.45) is 16.1 Å². The third-order valence-electron chi connectivity index (χ3n) is 5.14. The summed E-state index contributed by atoms with van der Waals surface area (Å²) in [5, 5.41) is 2.95. The van der Waals surface area contributed by atoms with E-state index < -0.39 is 17.4 Å². The molecule has 2 aromatic carbocycles. The fraction of sp³-hybridized carbons (Fsp3) is 0.227. The van der Waals surface area contributed by atoms with E-state index in [0.717, 1.165) is 0 Å². The van der Waals surface area contributed by atoms with Gasteiger partial charge in [-0.25, -0.2) is 4.99 Å². The lowest BCUT2D eigenvalue weighted by molar-refractivity contribution is -0.122. The van der Waals surface area contributed by atoms with E-state index in [4.69, 9.17) is 15.2 Å². The summed E-state index contributed by atoms with van der Waals surface area (Å²) in [5.74, 6) is -0.00967. The summed E-state index contributed by atoms with van der Waals surface area (Å²) < 4.78 is 11.9. The maximum Gasteiger partial charge on any atom is 0.252 e. The Hall–Kier alpha value is -3.61. The van der Waals surface area contributed by atoms with E-state index >= 15 is 0 Å². The Balaban J connectivity index is 1.61. The summed E-state index contributed by atoms with van der Waals surface area (Å²) in [7, 11) is 0. The highest BCUT2D eigenvalue weighted by atomic mass is 16.5. The van der Waals surface area contributed by atoms with E-state index in [1.807, 2.05) is 18.2 Å². The van der Waals surface area contributed by atoms with Crippen molar-refractivity contribution in [2.75, 3.05) is 11.9 Å². The number of carbonyl (C=O) groups excluding carboxylic acids is 2. The van der Waals surface area contributed by atoms with E-state index in [1.165, 1.54) is 0 Å². The SMILES string of the molecule is C=CC[C@]12C[C@@H](COc3ccccc3C(N)=O)OC1=Nc1ccccc1NC2=O. The van der Waals surface area contributed by atoms with Crippen LogP contribution in [0.15, 0.2) is 66.2 Å². The molecular weight excluding hydrogens is 370 g/mol. The van der Waals surface area contributed by atoms with Crippen LogP contribution in [0, 0.1) is 5.41 Å². The Kier molecular flexibility index (Phi) is 4.80. The molecule has 2 aliphatic heterocycles. The van der Waals surface area contributed by atoms with Crippen LogP contribution in [-0.2, 0) is 9.53 Å². The second kappa shape index (κ2) is 7.43. The molecule has 29 heavy (non-hydrogen) atoms. The number of hydrogen-bond acceptors (Lipinski definition) is 5. The minimum absolute atomic E-state index is 0.150. The molecule has 0 aliphatic carbocycles. The maximum absolute atomic E-state index is 13.1. The highest BCUT2D eigenvalue weighted by Crippen LogP contribution is 2.44. The van der Waals surface area contributed by atoms with Crippen LogP contribution in [0.1, 0.15) is 23.2 Å². The predicted octanol–water partition coefficient (Wildman–Crippen LogP) is 3.20. The van der Waals surface area contributed by atoms with Crippen LogP contribution >= 0.6 is 0 Å². The summed E-state index contributed by atoms with van der Waals surface area (Å²) >= 11 is 0. The number of primary amides is 1. The number of nitrogens with one attached hydrogen (secondary N) is 1. The molecule has 0 saturated carbocycles. The number of allylic oxidation sites excluding steroid dienone is 1. The number of nitrogens with two attached hydrogens (primary N) is 1. The number of aliphatic imine (C=N–C) groups is 1. The molecule has 2 heterocycles. The quantitative estimate of drug-likeness (QED) is 0.738. The zero-order chi connectivity index (χ0) is 20.4. The van der Waals surface area contributed by atoms with Gasteiger partial charge in [-0.15, -0.1) is 6.58 Å². The molecule has 1 saturated heterocycles. The number of para-hydroxylation sites is 3. The summed E-state index contributed by atoms with van der Waals surface area (Å²) in [4.78, 5) is 29.3. The molecule has 0 bridgehead atoms. The van der Waals surface area contributed by atoms with Gasteiger partial charge in [0.15, 0.2) is 0 Å². The van der Waals surface area contributed by atoms with Crippen molar-refractivity contribution in [3.05, 3.63) is 66.7 Å². The second-order valence-electron chi connectivity index (χ2n) is 7.08. The molecule has 7 heteroatoms. The lowest BCUT2D eigenvalue weighted by atomic mass is 9.80. The molecule has 0 unspecified atom stereocenters. The molecule has 2 amide bonds. The van der Waals surface area contributed by atoms with Crippen molar-refractivity contribution >= 4 is 29.1 Å². The first-order valence-electron chi connectivity index (χ1n) is 9.32. The normalized spacial score (nSPS) is 22.3. The largest absolute Gasteiger partial charge is 0.489 e. The van der Waals surface area contributed by atoms with Gasteiger partial charge in [-0.2, -0.15) is 0 Å². The summed E-state index contributed by atoms with van der Waals surface area (Å²) in [5.41, 5.74) is 6.04. The summed E-state index contributed by atoms with van der Waals surface area (Å²) in [6, 6.07) is 14.1. The summed E-state index contributed by atoms with van der Waals surface area (Å²) in [6.07, 6.45) is 2.06. The lowest BCUT2D eigenvalue weighted by Crippen LogP contribution is -2.39. The number of hydrogen-bond donors (Lipinski definition) is 2. The first kappa shape index (κ1) is 18.7. The molecule has 0 radical (unpaired) electrons. The standard InChI is InChI=1S/C22H21N3O4/c1-2-11-22-12-14(13-28-18-10-6-3-7-15(18)19(23)26)29-21(22)25-17-9-5-4-8-16(17)24-20(22)27/h2-10,14H,1,11-13H2,(H2,23,26)(H,24,27)/t14-,22+/m0/s1. The van der Waals surface area contributed by atoms with E-state index in [9.17, 15) is 9.59 Å². The number of fused-ring (bicyclic) bond motifs is 2. The molecule has 2 aliphatic rings. The number of amides is 2.